The first-order valence-corrected chi connectivity index (χ1v) is 7.68. The molecule has 0 radical (unpaired) electrons. The van der Waals surface area contributed by atoms with E-state index in [1.165, 1.54) is 0 Å². The first-order valence-electron chi connectivity index (χ1n) is 7.68. The molecule has 0 aliphatic heterocycles. The number of hydrogen-bond donors (Lipinski definition) is 1. The minimum atomic E-state index is -0.365. The number of esters is 1. The summed E-state index contributed by atoms with van der Waals surface area (Å²) < 4.78 is 6.56. The highest BCUT2D eigenvalue weighted by molar-refractivity contribution is 5.74. The molecule has 0 atom stereocenters. The van der Waals surface area contributed by atoms with Gasteiger partial charge in [-0.05, 0) is 45.4 Å². The van der Waals surface area contributed by atoms with Crippen LogP contribution in [0.2, 0.25) is 0 Å². The van der Waals surface area contributed by atoms with Crippen molar-refractivity contribution in [3.05, 3.63) is 29.5 Å². The lowest BCUT2D eigenvalue weighted by Gasteiger charge is -2.20. The molecule has 0 aliphatic carbocycles. The normalized spacial score (nSPS) is 11.1. The van der Waals surface area contributed by atoms with Gasteiger partial charge in [0.25, 0.3) is 0 Å². The summed E-state index contributed by atoms with van der Waals surface area (Å²) in [6, 6.07) is 5.56. The topological polar surface area (TPSA) is 107 Å². The summed E-state index contributed by atoms with van der Waals surface area (Å²) in [5.74, 6) is -0.00696. The molecular formula is C17H21N5O2. The molecule has 7 nitrogen and oxygen atoms in total. The number of nitrogen functional groups attached to an aromatic ring is 1. The molecule has 2 rings (SSSR count). The summed E-state index contributed by atoms with van der Waals surface area (Å²) in [5.41, 5.74) is 7.65. The lowest BCUT2D eigenvalue weighted by molar-refractivity contribution is -0.142. The summed E-state index contributed by atoms with van der Waals surface area (Å²) in [4.78, 5) is 15.9. The number of nitrogens with two attached hydrogens (primary N) is 1. The average molecular weight is 327 g/mol. The average Bonchev–Trinajstić information content (AvgIpc) is 2.84. The van der Waals surface area contributed by atoms with Gasteiger partial charge in [-0.2, -0.15) is 10.4 Å². The second-order valence-electron chi connectivity index (χ2n) is 6.33. The van der Waals surface area contributed by atoms with Crippen LogP contribution in [-0.4, -0.2) is 27.3 Å². The van der Waals surface area contributed by atoms with Crippen LogP contribution in [0, 0.1) is 11.3 Å². The quantitative estimate of drug-likeness (QED) is 0.863. The molecule has 126 valence electrons. The molecule has 0 aromatic carbocycles. The van der Waals surface area contributed by atoms with Crippen molar-refractivity contribution in [3.63, 3.8) is 0 Å². The van der Waals surface area contributed by atoms with Crippen LogP contribution in [0.3, 0.4) is 0 Å². The largest absolute Gasteiger partial charge is 0.466 e. The predicted molar refractivity (Wildman–Crippen MR) is 89.9 cm³/mol. The van der Waals surface area contributed by atoms with Gasteiger partial charge in [0.2, 0.25) is 0 Å². The van der Waals surface area contributed by atoms with Crippen LogP contribution in [0.4, 0.5) is 5.82 Å². The Labute approximate surface area is 141 Å². The standard InChI is InChI=1S/C17H21N5O2/c1-5-24-14(23)9-11-6-7-20-13(8-11)15-12(10-18)16(19)22(21-15)17(2,3)4/h6-8H,5,9,19H2,1-4H3. The van der Waals surface area contributed by atoms with Gasteiger partial charge < -0.3 is 10.5 Å². The Morgan fingerprint density at radius 3 is 2.75 bits per heavy atom. The molecule has 0 aliphatic rings. The number of nitrogens with zero attached hydrogens (tertiary/aromatic N) is 4. The summed E-state index contributed by atoms with van der Waals surface area (Å²) in [6.45, 7) is 7.95. The Bertz CT molecular complexity index is 796. The third-order valence-electron chi connectivity index (χ3n) is 3.39. The van der Waals surface area contributed by atoms with E-state index in [2.05, 4.69) is 16.2 Å². The Kier molecular flexibility index (Phi) is 4.88. The maximum absolute atomic E-state index is 11.6. The van der Waals surface area contributed by atoms with Gasteiger partial charge >= 0.3 is 5.97 Å². The molecule has 0 fully saturated rings. The van der Waals surface area contributed by atoms with Gasteiger partial charge in [-0.25, -0.2) is 4.68 Å². The number of carbonyl (C=O) groups is 1. The highest BCUT2D eigenvalue weighted by Crippen LogP contribution is 2.29. The first-order chi connectivity index (χ1) is 11.3. The third kappa shape index (κ3) is 3.54. The fourth-order valence-corrected chi connectivity index (χ4v) is 2.32. The van der Waals surface area contributed by atoms with Gasteiger partial charge in [0.05, 0.1) is 24.3 Å². The molecule has 0 spiro atoms. The smallest absolute Gasteiger partial charge is 0.310 e. The Balaban J connectivity index is 2.46. The van der Waals surface area contributed by atoms with E-state index < -0.39 is 0 Å². The zero-order chi connectivity index (χ0) is 17.9. The SMILES string of the molecule is CCOC(=O)Cc1ccnc(-c2nn(C(C)(C)C)c(N)c2C#N)c1. The zero-order valence-corrected chi connectivity index (χ0v) is 14.3. The molecule has 0 amide bonds. The lowest BCUT2D eigenvalue weighted by Crippen LogP contribution is -2.24. The van der Waals surface area contributed by atoms with Crippen molar-refractivity contribution < 1.29 is 9.53 Å². The Morgan fingerprint density at radius 1 is 1.46 bits per heavy atom. The maximum Gasteiger partial charge on any atom is 0.310 e. The first kappa shape index (κ1) is 17.5. The number of pyridine rings is 1. The molecule has 2 N–H and O–H groups in total. The predicted octanol–water partition coefficient (Wildman–Crippen LogP) is 2.26. The monoisotopic (exact) mass is 327 g/mol. The molecule has 2 heterocycles. The molecule has 2 aromatic heterocycles. The number of carbonyl (C=O) groups excluding carboxylic acids is 1. The van der Waals surface area contributed by atoms with Gasteiger partial charge in [-0.1, -0.05) is 0 Å². The molecule has 0 unspecified atom stereocenters. The number of anilines is 1. The van der Waals surface area contributed by atoms with Crippen LogP contribution in [0.25, 0.3) is 11.4 Å². The van der Waals surface area contributed by atoms with E-state index in [4.69, 9.17) is 10.5 Å². The number of ether oxygens (including phenoxy) is 1. The van der Waals surface area contributed by atoms with Crippen molar-refractivity contribution >= 4 is 11.8 Å². The van der Waals surface area contributed by atoms with E-state index in [-0.39, 0.29) is 23.5 Å². The molecule has 7 heteroatoms. The fraction of sp³-hybridized carbons (Fsp3) is 0.412. The van der Waals surface area contributed by atoms with Crippen molar-refractivity contribution in [2.24, 2.45) is 0 Å². The van der Waals surface area contributed by atoms with E-state index in [0.29, 0.717) is 23.8 Å². The van der Waals surface area contributed by atoms with Crippen molar-refractivity contribution in [1.29, 1.82) is 5.26 Å². The number of rotatable bonds is 4. The van der Waals surface area contributed by atoms with Crippen LogP contribution in [-0.2, 0) is 21.5 Å². The fourth-order valence-electron chi connectivity index (χ4n) is 2.32. The summed E-state index contributed by atoms with van der Waals surface area (Å²) in [7, 11) is 0. The minimum absolute atomic E-state index is 0.140. The summed E-state index contributed by atoms with van der Waals surface area (Å²) in [5, 5.41) is 13.9. The van der Waals surface area contributed by atoms with E-state index in [1.807, 2.05) is 20.8 Å². The molecule has 2 aromatic rings. The Hall–Kier alpha value is -2.88. The van der Waals surface area contributed by atoms with E-state index >= 15 is 0 Å². The Morgan fingerprint density at radius 2 is 2.17 bits per heavy atom. The van der Waals surface area contributed by atoms with Gasteiger partial charge in [-0.15, -0.1) is 0 Å². The van der Waals surface area contributed by atoms with E-state index in [0.717, 1.165) is 5.56 Å². The highest BCUT2D eigenvalue weighted by atomic mass is 16.5. The van der Waals surface area contributed by atoms with Crippen LogP contribution < -0.4 is 5.73 Å². The zero-order valence-electron chi connectivity index (χ0n) is 14.3. The van der Waals surface area contributed by atoms with Crippen LogP contribution in [0.15, 0.2) is 18.3 Å². The minimum Gasteiger partial charge on any atom is -0.466 e. The highest BCUT2D eigenvalue weighted by Gasteiger charge is 2.24. The van der Waals surface area contributed by atoms with Crippen LogP contribution in [0.5, 0.6) is 0 Å². The van der Waals surface area contributed by atoms with Crippen molar-refractivity contribution in [3.8, 4) is 17.5 Å². The second kappa shape index (κ2) is 6.71. The van der Waals surface area contributed by atoms with Gasteiger partial charge in [0.15, 0.2) is 0 Å². The maximum atomic E-state index is 11.6. The van der Waals surface area contributed by atoms with E-state index in [9.17, 15) is 10.1 Å². The number of aromatic nitrogens is 3. The third-order valence-corrected chi connectivity index (χ3v) is 3.39. The van der Waals surface area contributed by atoms with E-state index in [1.54, 1.807) is 29.9 Å². The number of hydrogen-bond acceptors (Lipinski definition) is 6. The lowest BCUT2D eigenvalue weighted by atomic mass is 10.1. The molecule has 0 saturated heterocycles. The second-order valence-corrected chi connectivity index (χ2v) is 6.33. The van der Waals surface area contributed by atoms with Gasteiger partial charge in [0, 0.05) is 6.20 Å². The van der Waals surface area contributed by atoms with Crippen LogP contribution in [0.1, 0.15) is 38.8 Å². The van der Waals surface area contributed by atoms with Gasteiger partial charge in [0.1, 0.15) is 23.1 Å². The molecule has 0 bridgehead atoms. The summed E-state index contributed by atoms with van der Waals surface area (Å²) in [6.07, 6.45) is 1.72. The molecular weight excluding hydrogens is 306 g/mol. The van der Waals surface area contributed by atoms with Gasteiger partial charge in [-0.3, -0.25) is 9.78 Å². The van der Waals surface area contributed by atoms with Crippen molar-refractivity contribution in [2.75, 3.05) is 12.3 Å². The van der Waals surface area contributed by atoms with Crippen LogP contribution >= 0.6 is 0 Å². The molecule has 24 heavy (non-hydrogen) atoms. The summed E-state index contributed by atoms with van der Waals surface area (Å²) >= 11 is 0. The van der Waals surface area contributed by atoms with Crippen molar-refractivity contribution in [2.45, 2.75) is 39.7 Å². The number of nitriles is 1. The molecule has 0 saturated carbocycles. The van der Waals surface area contributed by atoms with Crippen molar-refractivity contribution in [1.82, 2.24) is 14.8 Å².